The van der Waals surface area contributed by atoms with Crippen molar-refractivity contribution in [3.05, 3.63) is 35.9 Å². The largest absolute Gasteiger partial charge is 0.396 e. The molecule has 0 spiro atoms. The normalized spacial score (nSPS) is 17.7. The van der Waals surface area contributed by atoms with Gasteiger partial charge < -0.3 is 14.9 Å². The molecule has 0 radical (unpaired) electrons. The van der Waals surface area contributed by atoms with Gasteiger partial charge in [-0.15, -0.1) is 0 Å². The maximum Gasteiger partial charge on any atom is 0.0443 e. The molecule has 1 aromatic carbocycles. The highest BCUT2D eigenvalue weighted by atomic mass is 16.3. The number of aliphatic hydroxyl groups excluding tert-OH is 1. The van der Waals surface area contributed by atoms with Gasteiger partial charge in [-0.2, -0.15) is 0 Å². The highest BCUT2D eigenvalue weighted by Gasteiger charge is 2.15. The molecule has 1 aliphatic rings. The Morgan fingerprint density at radius 2 is 1.42 bits per heavy atom. The lowest BCUT2D eigenvalue weighted by Gasteiger charge is -2.34. The molecular weight excluding hydrogens is 236 g/mol. The molecule has 1 aliphatic heterocycles. The van der Waals surface area contributed by atoms with Gasteiger partial charge in [0.05, 0.1) is 0 Å². The van der Waals surface area contributed by atoms with E-state index in [1.165, 1.54) is 38.0 Å². The first-order chi connectivity index (χ1) is 9.38. The minimum Gasteiger partial charge on any atom is -0.396 e. The van der Waals surface area contributed by atoms with Crippen LogP contribution in [0.15, 0.2) is 30.3 Å². The summed E-state index contributed by atoms with van der Waals surface area (Å²) in [6, 6.07) is 10.7. The van der Waals surface area contributed by atoms with Crippen LogP contribution in [0, 0.1) is 0 Å². The minimum atomic E-state index is 0.317. The van der Waals surface area contributed by atoms with E-state index in [1.54, 1.807) is 0 Å². The molecule has 0 bridgehead atoms. The van der Waals surface area contributed by atoms with Gasteiger partial charge in [0.1, 0.15) is 0 Å². The summed E-state index contributed by atoms with van der Waals surface area (Å²) in [6.07, 6.45) is 3.35. The van der Waals surface area contributed by atoms with Crippen LogP contribution in [-0.4, -0.2) is 60.8 Å². The van der Waals surface area contributed by atoms with Crippen LogP contribution in [0.3, 0.4) is 0 Å². The maximum absolute atomic E-state index is 8.84. The van der Waals surface area contributed by atoms with Gasteiger partial charge in [0, 0.05) is 39.3 Å². The molecular formula is C16H26N2O. The molecule has 19 heavy (non-hydrogen) atoms. The Balaban J connectivity index is 1.58. The van der Waals surface area contributed by atoms with Crippen LogP contribution >= 0.6 is 0 Å². The summed E-state index contributed by atoms with van der Waals surface area (Å²) < 4.78 is 0. The second-order valence-electron chi connectivity index (χ2n) is 5.35. The fourth-order valence-electron chi connectivity index (χ4n) is 2.68. The summed E-state index contributed by atoms with van der Waals surface area (Å²) in [5.74, 6) is 0. The lowest BCUT2D eigenvalue weighted by atomic mass is 10.1. The fourth-order valence-corrected chi connectivity index (χ4v) is 2.68. The molecule has 0 amide bonds. The van der Waals surface area contributed by atoms with Crippen molar-refractivity contribution in [1.29, 1.82) is 0 Å². The van der Waals surface area contributed by atoms with Crippen LogP contribution in [-0.2, 0) is 6.42 Å². The molecule has 1 fully saturated rings. The second-order valence-corrected chi connectivity index (χ2v) is 5.35. The topological polar surface area (TPSA) is 26.7 Å². The Kier molecular flexibility index (Phi) is 6.34. The standard InChI is InChI=1S/C16H26N2O/c19-15-5-10-18-13-11-17(12-14-18)9-4-8-16-6-2-1-3-7-16/h1-3,6-7,19H,4-5,8-15H2. The van der Waals surface area contributed by atoms with Crippen molar-refractivity contribution in [1.82, 2.24) is 9.80 Å². The van der Waals surface area contributed by atoms with Gasteiger partial charge in [0.2, 0.25) is 0 Å². The number of benzene rings is 1. The lowest BCUT2D eigenvalue weighted by molar-refractivity contribution is 0.124. The summed E-state index contributed by atoms with van der Waals surface area (Å²) in [5.41, 5.74) is 1.45. The Bertz CT molecular complexity index is 334. The van der Waals surface area contributed by atoms with Gasteiger partial charge in [0.15, 0.2) is 0 Å². The number of rotatable bonds is 7. The van der Waals surface area contributed by atoms with Crippen LogP contribution in [0.5, 0.6) is 0 Å². The summed E-state index contributed by atoms with van der Waals surface area (Å²) in [7, 11) is 0. The predicted octanol–water partition coefficient (Wildman–Crippen LogP) is 1.62. The molecule has 1 aromatic rings. The summed E-state index contributed by atoms with van der Waals surface area (Å²) in [4.78, 5) is 5.03. The number of hydrogen-bond donors (Lipinski definition) is 1. The van der Waals surface area contributed by atoms with E-state index in [0.29, 0.717) is 6.61 Å². The Morgan fingerprint density at radius 1 is 0.842 bits per heavy atom. The number of nitrogens with zero attached hydrogens (tertiary/aromatic N) is 2. The van der Waals surface area contributed by atoms with Gasteiger partial charge in [0.25, 0.3) is 0 Å². The van der Waals surface area contributed by atoms with E-state index in [1.807, 2.05) is 0 Å². The molecule has 106 valence electrons. The van der Waals surface area contributed by atoms with Crippen molar-refractivity contribution in [3.63, 3.8) is 0 Å². The van der Waals surface area contributed by atoms with Gasteiger partial charge in [-0.25, -0.2) is 0 Å². The third-order valence-corrected chi connectivity index (χ3v) is 3.88. The van der Waals surface area contributed by atoms with Crippen molar-refractivity contribution in [2.45, 2.75) is 19.3 Å². The fraction of sp³-hybridized carbons (Fsp3) is 0.625. The van der Waals surface area contributed by atoms with E-state index in [9.17, 15) is 0 Å². The molecule has 2 rings (SSSR count). The molecule has 1 heterocycles. The number of piperazine rings is 1. The average Bonchev–Trinajstić information content (AvgIpc) is 2.47. The average molecular weight is 262 g/mol. The van der Waals surface area contributed by atoms with Crippen molar-refractivity contribution in [2.24, 2.45) is 0 Å². The summed E-state index contributed by atoms with van der Waals surface area (Å²) in [6.45, 7) is 7.26. The smallest absolute Gasteiger partial charge is 0.0443 e. The van der Waals surface area contributed by atoms with Crippen molar-refractivity contribution < 1.29 is 5.11 Å². The molecule has 1 saturated heterocycles. The van der Waals surface area contributed by atoms with Gasteiger partial charge >= 0.3 is 0 Å². The quantitative estimate of drug-likeness (QED) is 0.809. The highest BCUT2D eigenvalue weighted by molar-refractivity contribution is 5.14. The van der Waals surface area contributed by atoms with Gasteiger partial charge in [-0.1, -0.05) is 30.3 Å². The van der Waals surface area contributed by atoms with E-state index < -0.39 is 0 Å². The number of hydrogen-bond acceptors (Lipinski definition) is 3. The van der Waals surface area contributed by atoms with Crippen LogP contribution in [0.25, 0.3) is 0 Å². The molecule has 1 N–H and O–H groups in total. The lowest BCUT2D eigenvalue weighted by Crippen LogP contribution is -2.46. The zero-order valence-electron chi connectivity index (χ0n) is 11.8. The highest BCUT2D eigenvalue weighted by Crippen LogP contribution is 2.06. The van der Waals surface area contributed by atoms with E-state index in [2.05, 4.69) is 40.1 Å². The maximum atomic E-state index is 8.84. The second kappa shape index (κ2) is 8.31. The van der Waals surface area contributed by atoms with Crippen molar-refractivity contribution >= 4 is 0 Å². The van der Waals surface area contributed by atoms with Crippen LogP contribution < -0.4 is 0 Å². The zero-order valence-corrected chi connectivity index (χ0v) is 11.8. The van der Waals surface area contributed by atoms with Crippen LogP contribution in [0.2, 0.25) is 0 Å². The summed E-state index contributed by atoms with van der Waals surface area (Å²) >= 11 is 0. The van der Waals surface area contributed by atoms with Crippen molar-refractivity contribution in [2.75, 3.05) is 45.9 Å². The van der Waals surface area contributed by atoms with Gasteiger partial charge in [-0.3, -0.25) is 0 Å². The first-order valence-corrected chi connectivity index (χ1v) is 7.48. The molecule has 3 heteroatoms. The summed E-state index contributed by atoms with van der Waals surface area (Å²) in [5, 5.41) is 8.84. The molecule has 0 aromatic heterocycles. The van der Waals surface area contributed by atoms with E-state index >= 15 is 0 Å². The monoisotopic (exact) mass is 262 g/mol. The Labute approximate surface area is 116 Å². The number of aliphatic hydroxyl groups is 1. The molecule has 0 unspecified atom stereocenters. The third kappa shape index (κ3) is 5.31. The molecule has 0 aliphatic carbocycles. The van der Waals surface area contributed by atoms with E-state index in [4.69, 9.17) is 5.11 Å². The SMILES string of the molecule is OCCCN1CCN(CCCc2ccccc2)CC1. The number of aryl methyl sites for hydroxylation is 1. The zero-order chi connectivity index (χ0) is 13.3. The first kappa shape index (κ1) is 14.5. The third-order valence-electron chi connectivity index (χ3n) is 3.88. The Morgan fingerprint density at radius 3 is 2.00 bits per heavy atom. The van der Waals surface area contributed by atoms with Gasteiger partial charge in [-0.05, 0) is 31.4 Å². The predicted molar refractivity (Wildman–Crippen MR) is 79.3 cm³/mol. The molecule has 0 saturated carbocycles. The van der Waals surface area contributed by atoms with Crippen LogP contribution in [0.4, 0.5) is 0 Å². The Hall–Kier alpha value is -0.900. The van der Waals surface area contributed by atoms with E-state index in [-0.39, 0.29) is 0 Å². The van der Waals surface area contributed by atoms with Crippen LogP contribution in [0.1, 0.15) is 18.4 Å². The van der Waals surface area contributed by atoms with E-state index in [0.717, 1.165) is 26.1 Å². The molecule has 3 nitrogen and oxygen atoms in total. The molecule has 0 atom stereocenters. The minimum absolute atomic E-state index is 0.317. The first-order valence-electron chi connectivity index (χ1n) is 7.48. The van der Waals surface area contributed by atoms with Crippen molar-refractivity contribution in [3.8, 4) is 0 Å².